The van der Waals surface area contributed by atoms with Gasteiger partial charge < -0.3 is 0 Å². The van der Waals surface area contributed by atoms with Crippen molar-refractivity contribution >= 4 is 21.0 Å². The normalized spacial score (nSPS) is 16.8. The average molecular weight is 254 g/mol. The van der Waals surface area contributed by atoms with Crippen molar-refractivity contribution in [3.63, 3.8) is 0 Å². The highest BCUT2D eigenvalue weighted by atomic mass is 32.5. The molecule has 88 valence electrons. The Bertz CT molecular complexity index is 558. The molecule has 6 heteroatoms. The van der Waals surface area contributed by atoms with Crippen LogP contribution in [0.5, 0.6) is 0 Å². The van der Waals surface area contributed by atoms with Crippen molar-refractivity contribution in [2.24, 2.45) is 0 Å². The molecule has 0 aliphatic rings. The summed E-state index contributed by atoms with van der Waals surface area (Å²) in [7, 11) is -9.55. The lowest BCUT2D eigenvalue weighted by Crippen LogP contribution is -2.05. The van der Waals surface area contributed by atoms with E-state index >= 15 is 0 Å². The molecular formula is C10H7F5S. The monoisotopic (exact) mass is 254 g/mol. The summed E-state index contributed by atoms with van der Waals surface area (Å²) in [6.07, 6.45) is 0. The molecule has 16 heavy (non-hydrogen) atoms. The van der Waals surface area contributed by atoms with E-state index in [-0.39, 0.29) is 5.39 Å². The highest BCUT2D eigenvalue weighted by molar-refractivity contribution is 8.45. The van der Waals surface area contributed by atoms with Gasteiger partial charge in [-0.3, -0.25) is 0 Å². The van der Waals surface area contributed by atoms with Crippen LogP contribution in [0.1, 0.15) is 0 Å². The first kappa shape index (κ1) is 11.2. The minimum absolute atomic E-state index is 0.147. The SMILES string of the molecule is FS(F)(F)(F)(F)c1ccc2ccccc2c1. The molecule has 2 aromatic carbocycles. The third-order valence-corrected chi connectivity index (χ3v) is 3.31. The summed E-state index contributed by atoms with van der Waals surface area (Å²) in [5.41, 5.74) is 0. The minimum atomic E-state index is -9.55. The van der Waals surface area contributed by atoms with Crippen molar-refractivity contribution in [2.75, 3.05) is 0 Å². The smallest absolute Gasteiger partial charge is 0.0936 e. The molecule has 0 aromatic heterocycles. The van der Waals surface area contributed by atoms with E-state index in [0.29, 0.717) is 17.5 Å². The molecule has 0 aliphatic heterocycles. The fourth-order valence-corrected chi connectivity index (χ4v) is 2.08. The molecule has 0 heterocycles. The van der Waals surface area contributed by atoms with Crippen LogP contribution in [0.15, 0.2) is 47.4 Å². The Balaban J connectivity index is 2.75. The summed E-state index contributed by atoms with van der Waals surface area (Å²) in [5.74, 6) is 0. The zero-order valence-corrected chi connectivity index (χ0v) is 8.66. The average Bonchev–Trinajstić information content (AvgIpc) is 2.13. The van der Waals surface area contributed by atoms with E-state index in [2.05, 4.69) is 0 Å². The van der Waals surface area contributed by atoms with Gasteiger partial charge in [0.25, 0.3) is 0 Å². The Kier molecular flexibility index (Phi) is 1.75. The highest BCUT2D eigenvalue weighted by Gasteiger charge is 2.65. The Hall–Kier alpha value is -1.30. The first-order valence-electron chi connectivity index (χ1n) is 4.29. The molecule has 2 aromatic rings. The first-order chi connectivity index (χ1) is 7.06. The van der Waals surface area contributed by atoms with Gasteiger partial charge in [-0.15, -0.1) is 0 Å². The highest BCUT2D eigenvalue weighted by Crippen LogP contribution is 3.02. The van der Waals surface area contributed by atoms with Gasteiger partial charge in [0.15, 0.2) is 0 Å². The van der Waals surface area contributed by atoms with Crippen molar-refractivity contribution in [2.45, 2.75) is 4.90 Å². The van der Waals surface area contributed by atoms with E-state index in [1.165, 1.54) is 12.1 Å². The zero-order valence-electron chi connectivity index (χ0n) is 7.84. The van der Waals surface area contributed by atoms with E-state index in [0.717, 1.165) is 6.07 Å². The molecule has 0 amide bonds. The van der Waals surface area contributed by atoms with Crippen LogP contribution in [0.3, 0.4) is 0 Å². The molecule has 0 saturated carbocycles. The molecule has 0 radical (unpaired) electrons. The molecule has 0 nitrogen and oxygen atoms in total. The number of halogens is 5. The molecule has 0 bridgehead atoms. The third-order valence-electron chi connectivity index (χ3n) is 2.17. The molecule has 0 saturated heterocycles. The number of hydrogen-bond donors (Lipinski definition) is 0. The minimum Gasteiger partial charge on any atom is -0.0936 e. The predicted octanol–water partition coefficient (Wildman–Crippen LogP) is 5.50. The summed E-state index contributed by atoms with van der Waals surface area (Å²) in [6.45, 7) is 0. The van der Waals surface area contributed by atoms with Crippen LogP contribution in [0.2, 0.25) is 0 Å². The molecule has 0 fully saturated rings. The van der Waals surface area contributed by atoms with E-state index in [1.807, 2.05) is 0 Å². The van der Waals surface area contributed by atoms with Gasteiger partial charge >= 0.3 is 10.2 Å². The number of benzene rings is 2. The second kappa shape index (κ2) is 2.51. The maximum absolute atomic E-state index is 12.5. The van der Waals surface area contributed by atoms with Crippen LogP contribution in [0, 0.1) is 0 Å². The quantitative estimate of drug-likeness (QED) is 0.589. The van der Waals surface area contributed by atoms with Gasteiger partial charge in [0.2, 0.25) is 0 Å². The lowest BCUT2D eigenvalue weighted by atomic mass is 10.1. The molecule has 0 aliphatic carbocycles. The number of rotatable bonds is 1. The van der Waals surface area contributed by atoms with Gasteiger partial charge in [0, 0.05) is 0 Å². The van der Waals surface area contributed by atoms with Crippen LogP contribution in [0.4, 0.5) is 19.4 Å². The van der Waals surface area contributed by atoms with E-state index in [4.69, 9.17) is 0 Å². The molecule has 0 spiro atoms. The lowest BCUT2D eigenvalue weighted by molar-refractivity contribution is 0.364. The van der Waals surface area contributed by atoms with Crippen LogP contribution in [-0.2, 0) is 0 Å². The Morgan fingerprint density at radius 1 is 0.688 bits per heavy atom. The van der Waals surface area contributed by atoms with Gasteiger partial charge in [-0.05, 0) is 22.9 Å². The summed E-state index contributed by atoms with van der Waals surface area (Å²) >= 11 is 0. The molecule has 2 rings (SSSR count). The second-order valence-electron chi connectivity index (χ2n) is 3.48. The van der Waals surface area contributed by atoms with Gasteiger partial charge in [-0.2, -0.15) is 0 Å². The van der Waals surface area contributed by atoms with Crippen molar-refractivity contribution < 1.29 is 19.4 Å². The van der Waals surface area contributed by atoms with E-state index in [1.54, 1.807) is 12.1 Å². The van der Waals surface area contributed by atoms with Crippen molar-refractivity contribution in [3.8, 4) is 0 Å². The van der Waals surface area contributed by atoms with Crippen LogP contribution in [-0.4, -0.2) is 0 Å². The number of hydrogen-bond acceptors (Lipinski definition) is 0. The fraction of sp³-hybridized carbons (Fsp3) is 0. The molecule has 0 atom stereocenters. The van der Waals surface area contributed by atoms with Gasteiger partial charge in [0.1, 0.15) is 4.90 Å². The third kappa shape index (κ3) is 2.11. The maximum Gasteiger partial charge on any atom is 0.310 e. The molecule has 0 N–H and O–H groups in total. The largest absolute Gasteiger partial charge is 0.310 e. The molecule has 0 unspecified atom stereocenters. The van der Waals surface area contributed by atoms with Crippen LogP contribution in [0.25, 0.3) is 10.8 Å². The zero-order chi connectivity index (χ0) is 12.1. The van der Waals surface area contributed by atoms with Gasteiger partial charge in [0.05, 0.1) is 0 Å². The summed E-state index contributed by atoms with van der Waals surface area (Å²) in [5, 5.41) is 0.640. The van der Waals surface area contributed by atoms with Gasteiger partial charge in [-0.1, -0.05) is 49.8 Å². The van der Waals surface area contributed by atoms with Gasteiger partial charge in [-0.25, -0.2) is 0 Å². The van der Waals surface area contributed by atoms with Crippen molar-refractivity contribution in [1.82, 2.24) is 0 Å². The molecular weight excluding hydrogens is 247 g/mol. The Labute approximate surface area is 88.4 Å². The van der Waals surface area contributed by atoms with Crippen molar-refractivity contribution in [1.29, 1.82) is 0 Å². The second-order valence-corrected chi connectivity index (χ2v) is 5.89. The first-order valence-corrected chi connectivity index (χ1v) is 6.24. The standard InChI is InChI=1S/C10H7F5S/c11-16(12,13,14,15)10-6-5-8-3-1-2-4-9(8)7-10/h1-7H. The topological polar surface area (TPSA) is 0 Å². The van der Waals surface area contributed by atoms with E-state index < -0.39 is 15.1 Å². The maximum atomic E-state index is 12.5. The van der Waals surface area contributed by atoms with Crippen molar-refractivity contribution in [3.05, 3.63) is 42.5 Å². The van der Waals surface area contributed by atoms with Crippen LogP contribution < -0.4 is 0 Å². The predicted molar refractivity (Wildman–Crippen MR) is 55.3 cm³/mol. The summed E-state index contributed by atoms with van der Waals surface area (Å²) < 4.78 is 62.4. The van der Waals surface area contributed by atoms with E-state index in [9.17, 15) is 19.4 Å². The Morgan fingerprint density at radius 2 is 1.25 bits per heavy atom. The summed E-state index contributed by atoms with van der Waals surface area (Å²) in [4.78, 5) is -1.85. The van der Waals surface area contributed by atoms with Crippen LogP contribution >= 0.6 is 10.2 Å². The lowest BCUT2D eigenvalue weighted by Gasteiger charge is -2.40. The fourth-order valence-electron chi connectivity index (χ4n) is 1.41. The number of fused-ring (bicyclic) bond motifs is 1. The Morgan fingerprint density at radius 3 is 1.81 bits per heavy atom. The summed E-state index contributed by atoms with van der Waals surface area (Å²) in [6, 6.07) is 8.00.